The van der Waals surface area contributed by atoms with Crippen LogP contribution in [0, 0.1) is 5.82 Å². The molecule has 3 aromatic rings. The lowest BCUT2D eigenvalue weighted by Crippen LogP contribution is -2.25. The molecule has 0 heterocycles. The van der Waals surface area contributed by atoms with Crippen molar-refractivity contribution in [3.63, 3.8) is 0 Å². The van der Waals surface area contributed by atoms with Crippen LogP contribution in [0.25, 0.3) is 0 Å². The first-order valence-electron chi connectivity index (χ1n) is 9.40. The fraction of sp³-hybridized carbons (Fsp3) is 0.0909. The lowest BCUT2D eigenvalue weighted by atomic mass is 10.1. The molecule has 0 saturated carbocycles. The average Bonchev–Trinajstić information content (AvgIpc) is 2.76. The number of amides is 2. The van der Waals surface area contributed by atoms with Crippen LogP contribution in [0.4, 0.5) is 10.1 Å². The Morgan fingerprint density at radius 3 is 2.34 bits per heavy atom. The Kier molecular flexibility index (Phi) is 7.12. The predicted molar refractivity (Wildman–Crippen MR) is 120 cm³/mol. The SMILES string of the molecule is NC(=O)c1cccc(CCNC(=O)c2ccc(NS(=O)(=O)c3ccc(F)c(Cl)c3)cc2)c1. The van der Waals surface area contributed by atoms with E-state index in [1.807, 2.05) is 6.07 Å². The molecule has 166 valence electrons. The van der Waals surface area contributed by atoms with Crippen LogP contribution in [-0.4, -0.2) is 26.8 Å². The highest BCUT2D eigenvalue weighted by Gasteiger charge is 2.16. The Morgan fingerprint density at radius 2 is 1.69 bits per heavy atom. The molecule has 0 radical (unpaired) electrons. The molecule has 0 aliphatic heterocycles. The van der Waals surface area contributed by atoms with Crippen molar-refractivity contribution >= 4 is 39.1 Å². The number of benzene rings is 3. The molecule has 3 aromatic carbocycles. The van der Waals surface area contributed by atoms with Gasteiger partial charge in [0.15, 0.2) is 0 Å². The second kappa shape index (κ2) is 9.80. The summed E-state index contributed by atoms with van der Waals surface area (Å²) < 4.78 is 40.5. The number of carbonyl (C=O) groups is 2. The molecule has 0 bridgehead atoms. The van der Waals surface area contributed by atoms with Gasteiger partial charge in [0.25, 0.3) is 15.9 Å². The largest absolute Gasteiger partial charge is 0.366 e. The van der Waals surface area contributed by atoms with E-state index in [4.69, 9.17) is 17.3 Å². The van der Waals surface area contributed by atoms with E-state index in [1.54, 1.807) is 18.2 Å². The molecule has 3 rings (SSSR count). The number of hydrogen-bond acceptors (Lipinski definition) is 4. The fourth-order valence-corrected chi connectivity index (χ4v) is 4.18. The zero-order chi connectivity index (χ0) is 23.3. The maximum absolute atomic E-state index is 13.3. The van der Waals surface area contributed by atoms with Crippen LogP contribution in [0.1, 0.15) is 26.3 Å². The summed E-state index contributed by atoms with van der Waals surface area (Å²) in [5.74, 6) is -1.58. The van der Waals surface area contributed by atoms with Crippen molar-refractivity contribution in [1.82, 2.24) is 5.32 Å². The molecule has 0 aliphatic carbocycles. The number of anilines is 1. The van der Waals surface area contributed by atoms with Gasteiger partial charge in [0.05, 0.1) is 9.92 Å². The van der Waals surface area contributed by atoms with E-state index in [1.165, 1.54) is 24.3 Å². The lowest BCUT2D eigenvalue weighted by Gasteiger charge is -2.10. The van der Waals surface area contributed by atoms with Crippen LogP contribution in [0.5, 0.6) is 0 Å². The van der Waals surface area contributed by atoms with E-state index in [-0.39, 0.29) is 21.5 Å². The van der Waals surface area contributed by atoms with Crippen LogP contribution in [0.2, 0.25) is 5.02 Å². The third-order valence-corrected chi connectivity index (χ3v) is 6.18. The van der Waals surface area contributed by atoms with Crippen molar-refractivity contribution in [2.24, 2.45) is 5.73 Å². The number of halogens is 2. The van der Waals surface area contributed by atoms with Gasteiger partial charge < -0.3 is 11.1 Å². The third kappa shape index (κ3) is 5.83. The maximum Gasteiger partial charge on any atom is 0.261 e. The highest BCUT2D eigenvalue weighted by molar-refractivity contribution is 7.92. The van der Waals surface area contributed by atoms with Gasteiger partial charge in [-0.3, -0.25) is 14.3 Å². The van der Waals surface area contributed by atoms with Crippen molar-refractivity contribution in [2.75, 3.05) is 11.3 Å². The van der Waals surface area contributed by atoms with Crippen LogP contribution in [-0.2, 0) is 16.4 Å². The van der Waals surface area contributed by atoms with Crippen molar-refractivity contribution in [2.45, 2.75) is 11.3 Å². The summed E-state index contributed by atoms with van der Waals surface area (Å²) in [5.41, 5.74) is 7.07. The molecule has 0 fully saturated rings. The van der Waals surface area contributed by atoms with Gasteiger partial charge in [0.2, 0.25) is 5.91 Å². The summed E-state index contributed by atoms with van der Waals surface area (Å²) in [7, 11) is -3.97. The number of rotatable bonds is 8. The molecule has 0 unspecified atom stereocenters. The summed E-state index contributed by atoms with van der Waals surface area (Å²) >= 11 is 5.65. The average molecular weight is 476 g/mol. The number of sulfonamides is 1. The minimum Gasteiger partial charge on any atom is -0.366 e. The molecule has 0 aliphatic rings. The molecule has 7 nitrogen and oxygen atoms in total. The van der Waals surface area contributed by atoms with Gasteiger partial charge in [-0.15, -0.1) is 0 Å². The first-order chi connectivity index (χ1) is 15.2. The van der Waals surface area contributed by atoms with E-state index in [0.29, 0.717) is 24.1 Å². The van der Waals surface area contributed by atoms with Crippen LogP contribution in [0.3, 0.4) is 0 Å². The maximum atomic E-state index is 13.3. The van der Waals surface area contributed by atoms with Gasteiger partial charge in [-0.25, -0.2) is 12.8 Å². The van der Waals surface area contributed by atoms with E-state index in [0.717, 1.165) is 23.8 Å². The number of carbonyl (C=O) groups excluding carboxylic acids is 2. The lowest BCUT2D eigenvalue weighted by molar-refractivity contribution is 0.0952. The van der Waals surface area contributed by atoms with Crippen LogP contribution in [0.15, 0.2) is 71.6 Å². The van der Waals surface area contributed by atoms with E-state index in [2.05, 4.69) is 10.0 Å². The summed E-state index contributed by atoms with van der Waals surface area (Å²) in [6, 6.07) is 15.7. The molecule has 4 N–H and O–H groups in total. The zero-order valence-corrected chi connectivity index (χ0v) is 18.2. The van der Waals surface area contributed by atoms with E-state index < -0.39 is 21.7 Å². The first kappa shape index (κ1) is 23.2. The highest BCUT2D eigenvalue weighted by Crippen LogP contribution is 2.22. The second-order valence-electron chi connectivity index (χ2n) is 6.83. The van der Waals surface area contributed by atoms with Gasteiger partial charge in [-0.05, 0) is 66.6 Å². The van der Waals surface area contributed by atoms with Crippen molar-refractivity contribution < 1.29 is 22.4 Å². The standard InChI is InChI=1S/C22H19ClFN3O4S/c23-19-13-18(8-9-20(19)24)32(30,31)27-17-6-4-15(5-7-17)22(29)26-11-10-14-2-1-3-16(12-14)21(25)28/h1-9,12-13,27H,10-11H2,(H2,25,28)(H,26,29). The molecular weight excluding hydrogens is 457 g/mol. The van der Waals surface area contributed by atoms with Gasteiger partial charge in [-0.2, -0.15) is 0 Å². The van der Waals surface area contributed by atoms with Crippen LogP contribution >= 0.6 is 11.6 Å². The summed E-state index contributed by atoms with van der Waals surface area (Å²) in [6.07, 6.45) is 0.505. The Labute approximate surface area is 189 Å². The number of nitrogens with one attached hydrogen (secondary N) is 2. The molecule has 0 aromatic heterocycles. The van der Waals surface area contributed by atoms with Gasteiger partial charge in [0, 0.05) is 23.4 Å². The van der Waals surface area contributed by atoms with Crippen molar-refractivity contribution in [3.05, 3.63) is 94.3 Å². The van der Waals surface area contributed by atoms with Crippen molar-refractivity contribution in [1.29, 1.82) is 0 Å². The fourth-order valence-electron chi connectivity index (χ4n) is 2.85. The number of hydrogen-bond donors (Lipinski definition) is 3. The Morgan fingerprint density at radius 1 is 0.969 bits per heavy atom. The summed E-state index contributed by atoms with van der Waals surface area (Å²) in [6.45, 7) is 0.334. The topological polar surface area (TPSA) is 118 Å². The Hall–Kier alpha value is -3.43. The molecule has 32 heavy (non-hydrogen) atoms. The molecule has 0 atom stereocenters. The molecule has 10 heteroatoms. The number of primary amides is 1. The van der Waals surface area contributed by atoms with Crippen molar-refractivity contribution in [3.8, 4) is 0 Å². The van der Waals surface area contributed by atoms with E-state index in [9.17, 15) is 22.4 Å². The predicted octanol–water partition coefficient (Wildman–Crippen LogP) is 3.35. The summed E-state index contributed by atoms with van der Waals surface area (Å²) in [5, 5.41) is 2.45. The van der Waals surface area contributed by atoms with Gasteiger partial charge >= 0.3 is 0 Å². The Balaban J connectivity index is 1.58. The molecule has 2 amide bonds. The van der Waals surface area contributed by atoms with Gasteiger partial charge in [-0.1, -0.05) is 23.7 Å². The minimum atomic E-state index is -3.97. The molecular formula is C22H19ClFN3O4S. The second-order valence-corrected chi connectivity index (χ2v) is 8.92. The third-order valence-electron chi connectivity index (χ3n) is 4.51. The Bertz CT molecular complexity index is 1260. The quantitative estimate of drug-likeness (QED) is 0.463. The molecule has 0 saturated heterocycles. The number of nitrogens with two attached hydrogens (primary N) is 1. The van der Waals surface area contributed by atoms with Crippen LogP contribution < -0.4 is 15.8 Å². The zero-order valence-electron chi connectivity index (χ0n) is 16.6. The first-order valence-corrected chi connectivity index (χ1v) is 11.3. The monoisotopic (exact) mass is 475 g/mol. The summed E-state index contributed by atoms with van der Waals surface area (Å²) in [4.78, 5) is 23.4. The highest BCUT2D eigenvalue weighted by atomic mass is 35.5. The minimum absolute atomic E-state index is 0.189. The van der Waals surface area contributed by atoms with E-state index >= 15 is 0 Å². The smallest absolute Gasteiger partial charge is 0.261 e. The normalized spacial score (nSPS) is 11.1. The molecule has 0 spiro atoms. The van der Waals surface area contributed by atoms with Gasteiger partial charge in [0.1, 0.15) is 5.82 Å².